The number of amides is 2. The van der Waals surface area contributed by atoms with Crippen molar-refractivity contribution in [3.8, 4) is 0 Å². The lowest BCUT2D eigenvalue weighted by atomic mass is 10.1. The van der Waals surface area contributed by atoms with Crippen molar-refractivity contribution in [1.82, 2.24) is 9.21 Å². The van der Waals surface area contributed by atoms with Crippen LogP contribution in [-0.2, 0) is 19.6 Å². The first kappa shape index (κ1) is 23.4. The average molecular weight is 457 g/mol. The number of hydrogen-bond donors (Lipinski definition) is 0. The molecular weight excluding hydrogens is 432 g/mol. The van der Waals surface area contributed by atoms with Crippen LogP contribution in [0, 0.1) is 0 Å². The van der Waals surface area contributed by atoms with Crippen LogP contribution in [0.3, 0.4) is 0 Å². The molecule has 2 aromatic carbocycles. The molecule has 2 aromatic rings. The van der Waals surface area contributed by atoms with Gasteiger partial charge in [0, 0.05) is 19.2 Å². The lowest BCUT2D eigenvalue weighted by Crippen LogP contribution is -2.33. The molecule has 0 fully saturated rings. The van der Waals surface area contributed by atoms with E-state index in [1.807, 2.05) is 0 Å². The van der Waals surface area contributed by atoms with E-state index in [0.29, 0.717) is 29.8 Å². The third-order valence-electron chi connectivity index (χ3n) is 5.07. The Morgan fingerprint density at radius 3 is 2.06 bits per heavy atom. The summed E-state index contributed by atoms with van der Waals surface area (Å²) in [5.74, 6) is -1.45. The van der Waals surface area contributed by atoms with Crippen molar-refractivity contribution < 1.29 is 27.5 Å². The molecular formula is C23H24N2O6S. The topological polar surface area (TPSA) is 101 Å². The maximum atomic E-state index is 12.5. The van der Waals surface area contributed by atoms with Crippen LogP contribution in [0.25, 0.3) is 6.08 Å². The van der Waals surface area contributed by atoms with Gasteiger partial charge in [0.25, 0.3) is 11.8 Å². The van der Waals surface area contributed by atoms with E-state index >= 15 is 0 Å². The van der Waals surface area contributed by atoms with Gasteiger partial charge in [0.05, 0.1) is 22.6 Å². The number of ether oxygens (including phenoxy) is 1. The fourth-order valence-corrected chi connectivity index (χ4v) is 4.81. The van der Waals surface area contributed by atoms with Crippen molar-refractivity contribution in [2.75, 3.05) is 26.2 Å². The van der Waals surface area contributed by atoms with Crippen LogP contribution >= 0.6 is 0 Å². The van der Waals surface area contributed by atoms with Gasteiger partial charge in [0.2, 0.25) is 10.0 Å². The van der Waals surface area contributed by atoms with Gasteiger partial charge >= 0.3 is 5.97 Å². The molecule has 1 aliphatic heterocycles. The maximum absolute atomic E-state index is 12.5. The molecule has 1 aliphatic rings. The van der Waals surface area contributed by atoms with E-state index in [9.17, 15) is 22.8 Å². The molecule has 0 atom stereocenters. The van der Waals surface area contributed by atoms with Crippen molar-refractivity contribution in [2.24, 2.45) is 0 Å². The SMILES string of the molecule is CCN(CC)S(=O)(=O)c1ccc(C=CC(=O)OCCN2C(=O)c3ccccc3C2=O)cc1. The number of rotatable bonds is 9. The highest BCUT2D eigenvalue weighted by Gasteiger charge is 2.34. The Balaban J connectivity index is 1.53. The minimum absolute atomic E-state index is 0.0379. The Morgan fingerprint density at radius 1 is 0.969 bits per heavy atom. The number of hydrogen-bond acceptors (Lipinski definition) is 6. The monoisotopic (exact) mass is 456 g/mol. The predicted molar refractivity (Wildman–Crippen MR) is 118 cm³/mol. The zero-order chi connectivity index (χ0) is 23.3. The van der Waals surface area contributed by atoms with E-state index in [1.165, 1.54) is 28.6 Å². The quantitative estimate of drug-likeness (QED) is 0.327. The van der Waals surface area contributed by atoms with Crippen LogP contribution in [0.1, 0.15) is 40.1 Å². The number of fused-ring (bicyclic) bond motifs is 1. The van der Waals surface area contributed by atoms with Crippen molar-refractivity contribution >= 4 is 33.9 Å². The fourth-order valence-electron chi connectivity index (χ4n) is 3.36. The second-order valence-corrected chi connectivity index (χ2v) is 8.90. The summed E-state index contributed by atoms with van der Waals surface area (Å²) in [6.45, 7) is 4.15. The summed E-state index contributed by atoms with van der Waals surface area (Å²) in [5, 5.41) is 0. The van der Waals surface area contributed by atoms with E-state index in [0.717, 1.165) is 4.90 Å². The predicted octanol–water partition coefficient (Wildman–Crippen LogP) is 2.57. The van der Waals surface area contributed by atoms with Gasteiger partial charge in [-0.3, -0.25) is 14.5 Å². The molecule has 2 amide bonds. The Kier molecular flexibility index (Phi) is 7.22. The van der Waals surface area contributed by atoms with Gasteiger partial charge < -0.3 is 4.74 Å². The molecule has 3 rings (SSSR count). The molecule has 0 aliphatic carbocycles. The van der Waals surface area contributed by atoms with Crippen LogP contribution in [0.15, 0.2) is 59.5 Å². The molecule has 0 radical (unpaired) electrons. The lowest BCUT2D eigenvalue weighted by Gasteiger charge is -2.18. The number of nitrogens with zero attached hydrogens (tertiary/aromatic N) is 2. The highest BCUT2D eigenvalue weighted by atomic mass is 32.2. The third kappa shape index (κ3) is 4.79. The van der Waals surface area contributed by atoms with Crippen LogP contribution < -0.4 is 0 Å². The summed E-state index contributed by atoms with van der Waals surface area (Å²) in [6, 6.07) is 12.7. The van der Waals surface area contributed by atoms with E-state index < -0.39 is 27.8 Å². The van der Waals surface area contributed by atoms with E-state index in [-0.39, 0.29) is 18.0 Å². The molecule has 0 saturated heterocycles. The third-order valence-corrected chi connectivity index (χ3v) is 7.14. The van der Waals surface area contributed by atoms with E-state index in [4.69, 9.17) is 4.74 Å². The molecule has 9 heteroatoms. The Morgan fingerprint density at radius 2 is 1.53 bits per heavy atom. The van der Waals surface area contributed by atoms with Gasteiger partial charge in [-0.05, 0) is 35.9 Å². The number of benzene rings is 2. The number of imide groups is 1. The Hall–Kier alpha value is -3.30. The molecule has 0 aromatic heterocycles. The van der Waals surface area contributed by atoms with Crippen molar-refractivity contribution in [2.45, 2.75) is 18.7 Å². The van der Waals surface area contributed by atoms with Gasteiger partial charge in [0.15, 0.2) is 0 Å². The first-order valence-corrected chi connectivity index (χ1v) is 11.6. The standard InChI is InChI=1S/C23H24N2O6S/c1-3-24(4-2)32(29,30)18-12-9-17(10-13-18)11-14-21(26)31-16-15-25-22(27)19-7-5-6-8-20(19)23(25)28/h5-14H,3-4,15-16H2,1-2H3. The zero-order valence-corrected chi connectivity index (χ0v) is 18.7. The van der Waals surface area contributed by atoms with Gasteiger partial charge in [-0.15, -0.1) is 0 Å². The average Bonchev–Trinajstić information content (AvgIpc) is 3.03. The van der Waals surface area contributed by atoms with Gasteiger partial charge in [-0.1, -0.05) is 38.1 Å². The number of sulfonamides is 1. The number of carbonyl (C=O) groups is 3. The molecule has 8 nitrogen and oxygen atoms in total. The summed E-state index contributed by atoms with van der Waals surface area (Å²) in [6.07, 6.45) is 2.70. The largest absolute Gasteiger partial charge is 0.461 e. The normalized spacial score (nSPS) is 13.8. The fraction of sp³-hybridized carbons (Fsp3) is 0.261. The summed E-state index contributed by atoms with van der Waals surface area (Å²) < 4.78 is 31.4. The van der Waals surface area contributed by atoms with Crippen LogP contribution in [0.5, 0.6) is 0 Å². The molecule has 1 heterocycles. The summed E-state index contributed by atoms with van der Waals surface area (Å²) in [7, 11) is -3.54. The summed E-state index contributed by atoms with van der Waals surface area (Å²) in [5.41, 5.74) is 1.31. The molecule has 0 spiro atoms. The highest BCUT2D eigenvalue weighted by Crippen LogP contribution is 2.22. The van der Waals surface area contributed by atoms with E-state index in [1.54, 1.807) is 50.2 Å². The van der Waals surface area contributed by atoms with Crippen LogP contribution in [0.2, 0.25) is 0 Å². The number of carbonyl (C=O) groups excluding carboxylic acids is 3. The lowest BCUT2D eigenvalue weighted by molar-refractivity contribution is -0.137. The first-order chi connectivity index (χ1) is 15.3. The Bertz CT molecular complexity index is 1120. The molecule has 0 bridgehead atoms. The maximum Gasteiger partial charge on any atom is 0.330 e. The summed E-state index contributed by atoms with van der Waals surface area (Å²) in [4.78, 5) is 37.8. The number of esters is 1. The van der Waals surface area contributed by atoms with Gasteiger partial charge in [-0.2, -0.15) is 4.31 Å². The summed E-state index contributed by atoms with van der Waals surface area (Å²) >= 11 is 0. The molecule has 32 heavy (non-hydrogen) atoms. The smallest absolute Gasteiger partial charge is 0.330 e. The second-order valence-electron chi connectivity index (χ2n) is 6.97. The minimum Gasteiger partial charge on any atom is -0.461 e. The van der Waals surface area contributed by atoms with Crippen LogP contribution in [-0.4, -0.2) is 61.6 Å². The molecule has 0 unspecified atom stereocenters. The minimum atomic E-state index is -3.54. The first-order valence-electron chi connectivity index (χ1n) is 10.2. The second kappa shape index (κ2) is 9.88. The van der Waals surface area contributed by atoms with Crippen molar-refractivity contribution in [1.29, 1.82) is 0 Å². The Labute approximate surface area is 187 Å². The molecule has 168 valence electrons. The highest BCUT2D eigenvalue weighted by molar-refractivity contribution is 7.89. The van der Waals surface area contributed by atoms with Crippen molar-refractivity contribution in [3.63, 3.8) is 0 Å². The molecule has 0 N–H and O–H groups in total. The molecule has 0 saturated carbocycles. The van der Waals surface area contributed by atoms with Gasteiger partial charge in [-0.25, -0.2) is 13.2 Å². The zero-order valence-electron chi connectivity index (χ0n) is 17.9. The van der Waals surface area contributed by atoms with Crippen molar-refractivity contribution in [3.05, 3.63) is 71.3 Å². The van der Waals surface area contributed by atoms with Crippen LogP contribution in [0.4, 0.5) is 0 Å². The van der Waals surface area contributed by atoms with E-state index in [2.05, 4.69) is 0 Å². The van der Waals surface area contributed by atoms with Gasteiger partial charge in [0.1, 0.15) is 6.61 Å².